The van der Waals surface area contributed by atoms with E-state index in [-0.39, 0.29) is 22.0 Å². The van der Waals surface area contributed by atoms with Crippen LogP contribution < -0.4 is 14.2 Å². The van der Waals surface area contributed by atoms with Gasteiger partial charge in [-0.1, -0.05) is 29.5 Å². The number of carbonyl (C=O) groups is 1. The van der Waals surface area contributed by atoms with E-state index in [0.29, 0.717) is 28.4 Å². The van der Waals surface area contributed by atoms with Gasteiger partial charge < -0.3 is 14.2 Å². The Hall–Kier alpha value is -4.18. The first-order valence-corrected chi connectivity index (χ1v) is 11.2. The number of sulfone groups is 1. The van der Waals surface area contributed by atoms with Crippen LogP contribution in [-0.4, -0.2) is 44.1 Å². The minimum absolute atomic E-state index is 0.0481. The van der Waals surface area contributed by atoms with Crippen LogP contribution in [0.25, 0.3) is 16.9 Å². The molecule has 33 heavy (non-hydrogen) atoms. The molecule has 4 aromatic rings. The fourth-order valence-electron chi connectivity index (χ4n) is 3.35. The van der Waals surface area contributed by atoms with E-state index in [1.807, 2.05) is 0 Å². The first kappa shape index (κ1) is 22.0. The molecule has 0 radical (unpaired) electrons. The zero-order chi connectivity index (χ0) is 23.4. The number of carbonyl (C=O) groups excluding carboxylic acids is 1. The van der Waals surface area contributed by atoms with Gasteiger partial charge in [-0.15, -0.1) is 5.10 Å². The van der Waals surface area contributed by atoms with Gasteiger partial charge in [0, 0.05) is 5.56 Å². The lowest BCUT2D eigenvalue weighted by atomic mass is 10.2. The average Bonchev–Trinajstić information content (AvgIpc) is 3.34. The molecule has 9 nitrogen and oxygen atoms in total. The summed E-state index contributed by atoms with van der Waals surface area (Å²) in [6.45, 7) is 0.277. The van der Waals surface area contributed by atoms with Crippen molar-refractivity contribution in [1.29, 1.82) is 0 Å². The lowest BCUT2D eigenvalue weighted by Gasteiger charge is -2.12. The highest BCUT2D eigenvalue weighted by atomic mass is 32.2. The maximum Gasteiger partial charge on any atom is 0.298 e. The molecule has 0 aliphatic rings. The van der Waals surface area contributed by atoms with E-state index in [2.05, 4.69) is 10.3 Å². The fraction of sp³-hybridized carbons (Fsp3) is 0.0870. The molecule has 1 heterocycles. The smallest absolute Gasteiger partial charge is 0.298 e. The Balaban J connectivity index is 1.79. The van der Waals surface area contributed by atoms with Crippen LogP contribution in [0.3, 0.4) is 0 Å². The molecule has 4 rings (SSSR count). The van der Waals surface area contributed by atoms with Crippen LogP contribution in [0.15, 0.2) is 82.7 Å². The molecular weight excluding hydrogens is 446 g/mol. The molecule has 0 spiro atoms. The van der Waals surface area contributed by atoms with E-state index in [9.17, 15) is 13.2 Å². The topological polar surface area (TPSA) is 110 Å². The zero-order valence-corrected chi connectivity index (χ0v) is 18.5. The summed E-state index contributed by atoms with van der Waals surface area (Å²) in [5.41, 5.74) is 1.27. The van der Waals surface area contributed by atoms with Gasteiger partial charge in [0.1, 0.15) is 22.9 Å². The Kier molecular flexibility index (Phi) is 6.09. The molecular formula is C23H19N3O6S. The second-order valence-electron chi connectivity index (χ2n) is 6.74. The summed E-state index contributed by atoms with van der Waals surface area (Å²) in [7, 11) is -0.839. The molecule has 0 amide bonds. The van der Waals surface area contributed by atoms with Crippen LogP contribution in [0.4, 0.5) is 0 Å². The van der Waals surface area contributed by atoms with Crippen LogP contribution in [0.2, 0.25) is 0 Å². The van der Waals surface area contributed by atoms with Crippen LogP contribution in [0.1, 0.15) is 0 Å². The Morgan fingerprint density at radius 3 is 2.18 bits per heavy atom. The Labute approximate surface area is 190 Å². The maximum absolute atomic E-state index is 13.4. The number of methoxy groups -OCH3 is 2. The van der Waals surface area contributed by atoms with Crippen molar-refractivity contribution in [3.05, 3.63) is 72.9 Å². The van der Waals surface area contributed by atoms with Crippen molar-refractivity contribution in [2.24, 2.45) is 0 Å². The molecule has 0 saturated carbocycles. The number of aromatic nitrogens is 3. The first-order valence-electron chi connectivity index (χ1n) is 9.68. The van der Waals surface area contributed by atoms with Crippen molar-refractivity contribution in [2.75, 3.05) is 14.2 Å². The summed E-state index contributed by atoms with van der Waals surface area (Å²) < 4.78 is 43.8. The quantitative estimate of drug-likeness (QED) is 0.365. The van der Waals surface area contributed by atoms with Crippen molar-refractivity contribution >= 4 is 16.3 Å². The molecule has 0 fully saturated rings. The molecule has 0 bridgehead atoms. The maximum atomic E-state index is 13.4. The van der Waals surface area contributed by atoms with E-state index in [4.69, 9.17) is 14.2 Å². The third-order valence-corrected chi connectivity index (χ3v) is 6.72. The van der Waals surface area contributed by atoms with Gasteiger partial charge in [-0.3, -0.25) is 4.79 Å². The highest BCUT2D eigenvalue weighted by Crippen LogP contribution is 2.34. The molecule has 0 unspecified atom stereocenters. The van der Waals surface area contributed by atoms with E-state index < -0.39 is 9.84 Å². The van der Waals surface area contributed by atoms with Gasteiger partial charge in [0.05, 0.1) is 30.2 Å². The van der Waals surface area contributed by atoms with Gasteiger partial charge in [0.2, 0.25) is 9.84 Å². The number of ether oxygens (including phenoxy) is 3. The Bertz CT molecular complexity index is 1380. The monoisotopic (exact) mass is 465 g/mol. The predicted molar refractivity (Wildman–Crippen MR) is 118 cm³/mol. The van der Waals surface area contributed by atoms with Gasteiger partial charge in [-0.2, -0.15) is 0 Å². The third-order valence-electron chi connectivity index (χ3n) is 4.90. The van der Waals surface area contributed by atoms with Crippen LogP contribution >= 0.6 is 0 Å². The summed E-state index contributed by atoms with van der Waals surface area (Å²) >= 11 is 0. The Morgan fingerprint density at radius 1 is 0.879 bits per heavy atom. The van der Waals surface area contributed by atoms with Crippen LogP contribution in [-0.2, 0) is 14.6 Å². The van der Waals surface area contributed by atoms with Crippen molar-refractivity contribution < 1.29 is 27.4 Å². The Morgan fingerprint density at radius 2 is 1.55 bits per heavy atom. The SMILES string of the molecule is COc1cccc(OC)c1-n1cc(-c2ccccc2S(=O)(=O)c2ccc(OC=O)cc2)nn1. The van der Waals surface area contributed by atoms with Crippen molar-refractivity contribution in [3.63, 3.8) is 0 Å². The number of hydrogen-bond donors (Lipinski definition) is 0. The van der Waals surface area contributed by atoms with Gasteiger partial charge in [0.25, 0.3) is 6.47 Å². The van der Waals surface area contributed by atoms with Gasteiger partial charge in [-0.05, 0) is 42.5 Å². The molecule has 168 valence electrons. The highest BCUT2D eigenvalue weighted by molar-refractivity contribution is 7.91. The number of para-hydroxylation sites is 1. The molecule has 0 atom stereocenters. The van der Waals surface area contributed by atoms with Crippen LogP contribution in [0.5, 0.6) is 17.2 Å². The zero-order valence-electron chi connectivity index (χ0n) is 17.7. The van der Waals surface area contributed by atoms with Gasteiger partial charge in [0.15, 0.2) is 5.69 Å². The first-order chi connectivity index (χ1) is 16.0. The minimum Gasteiger partial charge on any atom is -0.494 e. The second-order valence-corrected chi connectivity index (χ2v) is 8.66. The van der Waals surface area contributed by atoms with Gasteiger partial charge in [-0.25, -0.2) is 13.1 Å². The normalized spacial score (nSPS) is 11.1. The molecule has 3 aromatic carbocycles. The molecule has 0 aliphatic carbocycles. The van der Waals surface area contributed by atoms with E-state index in [1.54, 1.807) is 42.6 Å². The molecule has 0 aliphatic heterocycles. The minimum atomic E-state index is -3.90. The summed E-state index contributed by atoms with van der Waals surface area (Å²) in [6, 6.07) is 17.4. The lowest BCUT2D eigenvalue weighted by molar-refractivity contribution is -0.120. The van der Waals surface area contributed by atoms with E-state index in [1.165, 1.54) is 49.2 Å². The summed E-state index contributed by atoms with van der Waals surface area (Å²) in [5, 5.41) is 8.37. The van der Waals surface area contributed by atoms with E-state index >= 15 is 0 Å². The standard InChI is InChI=1S/C23H19N3O6S/c1-30-20-7-5-8-21(31-2)23(20)26-14-19(24-25-26)18-6-3-4-9-22(18)33(28,29)17-12-10-16(11-13-17)32-15-27/h3-15H,1-2H3. The number of rotatable bonds is 8. The van der Waals surface area contributed by atoms with Crippen molar-refractivity contribution in [1.82, 2.24) is 15.0 Å². The van der Waals surface area contributed by atoms with Crippen molar-refractivity contribution in [2.45, 2.75) is 9.79 Å². The van der Waals surface area contributed by atoms with Gasteiger partial charge >= 0.3 is 0 Å². The van der Waals surface area contributed by atoms with E-state index in [0.717, 1.165) is 0 Å². The number of nitrogens with zero attached hydrogens (tertiary/aromatic N) is 3. The fourth-order valence-corrected chi connectivity index (χ4v) is 4.81. The molecule has 0 saturated heterocycles. The molecule has 1 aromatic heterocycles. The predicted octanol–water partition coefficient (Wildman–Crippen LogP) is 3.32. The largest absolute Gasteiger partial charge is 0.494 e. The highest BCUT2D eigenvalue weighted by Gasteiger charge is 2.24. The number of hydrogen-bond acceptors (Lipinski definition) is 8. The number of benzene rings is 3. The third kappa shape index (κ3) is 4.15. The second kappa shape index (κ2) is 9.13. The molecule has 10 heteroatoms. The summed E-state index contributed by atoms with van der Waals surface area (Å²) in [4.78, 5) is 10.6. The van der Waals surface area contributed by atoms with Crippen LogP contribution in [0, 0.1) is 0 Å². The van der Waals surface area contributed by atoms with Crippen molar-refractivity contribution in [3.8, 4) is 34.2 Å². The summed E-state index contributed by atoms with van der Waals surface area (Å²) in [6.07, 6.45) is 1.61. The summed E-state index contributed by atoms with van der Waals surface area (Å²) in [5.74, 6) is 1.28. The lowest BCUT2D eigenvalue weighted by Crippen LogP contribution is -2.04. The average molecular weight is 465 g/mol. The molecule has 0 N–H and O–H groups in total.